The lowest BCUT2D eigenvalue weighted by Gasteiger charge is -2.06. The van der Waals surface area contributed by atoms with Crippen LogP contribution in [0.3, 0.4) is 0 Å². The minimum absolute atomic E-state index is 0.0434. The number of aromatic nitrogens is 2. The Bertz CT molecular complexity index is 1110. The Labute approximate surface area is 171 Å². The Morgan fingerprint density at radius 2 is 2.00 bits per heavy atom. The lowest BCUT2D eigenvalue weighted by atomic mass is 10.2. The monoisotopic (exact) mass is 409 g/mol. The predicted molar refractivity (Wildman–Crippen MR) is 106 cm³/mol. The van der Waals surface area contributed by atoms with Gasteiger partial charge in [-0.1, -0.05) is 18.2 Å². The zero-order valence-electron chi connectivity index (χ0n) is 16.1. The topological polar surface area (TPSA) is 135 Å². The van der Waals surface area contributed by atoms with E-state index in [1.807, 2.05) is 0 Å². The van der Waals surface area contributed by atoms with Gasteiger partial charge in [-0.05, 0) is 25.1 Å². The standard InChI is InChI=1S/C20H19N5O5/c1-2-30-17(27)12-25-15-8-4-3-7-14(15)18(20(25)29)24-23-16(26)11-22-19(28)13-6-5-9-21-10-13/h3-10,29H,2,11-12H2,1H3,(H,22,28). The third-order valence-corrected chi connectivity index (χ3v) is 4.10. The molecule has 0 bridgehead atoms. The second-order valence-corrected chi connectivity index (χ2v) is 6.10. The van der Waals surface area contributed by atoms with Gasteiger partial charge in [-0.25, -0.2) is 0 Å². The van der Waals surface area contributed by atoms with Crippen molar-refractivity contribution in [3.8, 4) is 5.88 Å². The van der Waals surface area contributed by atoms with Crippen molar-refractivity contribution in [3.05, 3.63) is 54.4 Å². The van der Waals surface area contributed by atoms with E-state index in [2.05, 4.69) is 20.5 Å². The summed E-state index contributed by atoms with van der Waals surface area (Å²) in [7, 11) is 0. The molecule has 10 heteroatoms. The van der Waals surface area contributed by atoms with Crippen LogP contribution in [0, 0.1) is 0 Å². The Morgan fingerprint density at radius 1 is 1.20 bits per heavy atom. The minimum atomic E-state index is -0.714. The molecule has 2 N–H and O–H groups in total. The summed E-state index contributed by atoms with van der Waals surface area (Å²) >= 11 is 0. The summed E-state index contributed by atoms with van der Waals surface area (Å²) in [6.07, 6.45) is 2.90. The fraction of sp³-hybridized carbons (Fsp3) is 0.200. The van der Waals surface area contributed by atoms with E-state index >= 15 is 0 Å². The SMILES string of the molecule is CCOC(=O)Cn1c(O)c(N=NC(=O)CNC(=O)c2cccnc2)c2ccccc21. The number of carbonyl (C=O) groups is 3. The molecule has 10 nitrogen and oxygen atoms in total. The van der Waals surface area contributed by atoms with Gasteiger partial charge in [-0.2, -0.15) is 0 Å². The van der Waals surface area contributed by atoms with E-state index in [1.165, 1.54) is 17.0 Å². The quantitative estimate of drug-likeness (QED) is 0.454. The number of pyridine rings is 1. The summed E-state index contributed by atoms with van der Waals surface area (Å²) in [6.45, 7) is 1.30. The molecule has 2 amide bonds. The number of nitrogens with zero attached hydrogens (tertiary/aromatic N) is 4. The van der Waals surface area contributed by atoms with Gasteiger partial charge >= 0.3 is 5.97 Å². The van der Waals surface area contributed by atoms with Crippen molar-refractivity contribution < 1.29 is 24.2 Å². The Kier molecular flexibility index (Phi) is 6.48. The Balaban J connectivity index is 1.75. The van der Waals surface area contributed by atoms with Gasteiger partial charge < -0.3 is 15.2 Å². The zero-order valence-corrected chi connectivity index (χ0v) is 16.1. The fourth-order valence-electron chi connectivity index (χ4n) is 2.76. The number of fused-ring (bicyclic) bond motifs is 1. The maximum Gasteiger partial charge on any atom is 0.326 e. The molecule has 0 unspecified atom stereocenters. The Hall–Kier alpha value is -4.08. The van der Waals surface area contributed by atoms with Crippen molar-refractivity contribution in [2.45, 2.75) is 13.5 Å². The molecule has 0 aliphatic heterocycles. The van der Waals surface area contributed by atoms with Crippen molar-refractivity contribution in [2.75, 3.05) is 13.2 Å². The predicted octanol–water partition coefficient (Wildman–Crippen LogP) is 2.35. The van der Waals surface area contributed by atoms with E-state index in [4.69, 9.17) is 4.74 Å². The van der Waals surface area contributed by atoms with Crippen LogP contribution in [0.15, 0.2) is 59.0 Å². The number of rotatable bonds is 7. The van der Waals surface area contributed by atoms with Gasteiger partial charge in [-0.3, -0.25) is 23.9 Å². The van der Waals surface area contributed by atoms with E-state index in [0.29, 0.717) is 16.5 Å². The molecule has 2 heterocycles. The van der Waals surface area contributed by atoms with Crippen LogP contribution in [0.25, 0.3) is 10.9 Å². The van der Waals surface area contributed by atoms with Crippen LogP contribution < -0.4 is 5.32 Å². The Morgan fingerprint density at radius 3 is 2.73 bits per heavy atom. The van der Waals surface area contributed by atoms with Crippen molar-refractivity contribution in [1.82, 2.24) is 14.9 Å². The number of aromatic hydroxyl groups is 1. The first kappa shape index (κ1) is 20.6. The van der Waals surface area contributed by atoms with Crippen molar-refractivity contribution >= 4 is 34.4 Å². The average Bonchev–Trinajstić information content (AvgIpc) is 3.02. The van der Waals surface area contributed by atoms with Gasteiger partial charge in [-0.15, -0.1) is 10.2 Å². The first-order chi connectivity index (χ1) is 14.5. The van der Waals surface area contributed by atoms with E-state index < -0.39 is 17.8 Å². The molecule has 0 radical (unpaired) electrons. The van der Waals surface area contributed by atoms with Gasteiger partial charge in [0.2, 0.25) is 5.88 Å². The molecular weight excluding hydrogens is 390 g/mol. The van der Waals surface area contributed by atoms with Gasteiger partial charge in [0.25, 0.3) is 11.8 Å². The third-order valence-electron chi connectivity index (χ3n) is 4.10. The number of nitrogens with one attached hydrogen (secondary N) is 1. The summed E-state index contributed by atoms with van der Waals surface area (Å²) < 4.78 is 6.25. The van der Waals surface area contributed by atoms with Crippen LogP contribution in [-0.4, -0.2) is 45.6 Å². The maximum atomic E-state index is 12.0. The molecule has 3 aromatic rings. The van der Waals surface area contributed by atoms with Crippen LogP contribution in [0.2, 0.25) is 0 Å². The first-order valence-corrected chi connectivity index (χ1v) is 9.09. The highest BCUT2D eigenvalue weighted by Gasteiger charge is 2.19. The smallest absolute Gasteiger partial charge is 0.326 e. The van der Waals surface area contributed by atoms with Crippen LogP contribution in [0.1, 0.15) is 17.3 Å². The molecule has 154 valence electrons. The third kappa shape index (κ3) is 4.66. The number of amides is 2. The molecule has 0 saturated carbocycles. The number of para-hydroxylation sites is 1. The van der Waals surface area contributed by atoms with Gasteiger partial charge in [0.1, 0.15) is 13.1 Å². The first-order valence-electron chi connectivity index (χ1n) is 9.09. The maximum absolute atomic E-state index is 12.0. The second kappa shape index (κ2) is 9.41. The average molecular weight is 409 g/mol. The number of carbonyl (C=O) groups excluding carboxylic acids is 3. The lowest BCUT2D eigenvalue weighted by molar-refractivity contribution is -0.143. The number of benzene rings is 1. The highest BCUT2D eigenvalue weighted by Crippen LogP contribution is 2.38. The number of ether oxygens (including phenoxy) is 1. The molecule has 0 atom stereocenters. The van der Waals surface area contributed by atoms with E-state index in [0.717, 1.165) is 0 Å². The summed E-state index contributed by atoms with van der Waals surface area (Å²) in [5.74, 6) is -2.03. The van der Waals surface area contributed by atoms with Crippen molar-refractivity contribution in [1.29, 1.82) is 0 Å². The van der Waals surface area contributed by atoms with Crippen LogP contribution in [0.5, 0.6) is 5.88 Å². The minimum Gasteiger partial charge on any atom is -0.493 e. The normalized spacial score (nSPS) is 11.0. The molecule has 2 aromatic heterocycles. The highest BCUT2D eigenvalue weighted by atomic mass is 16.5. The van der Waals surface area contributed by atoms with E-state index in [-0.39, 0.29) is 31.3 Å². The molecule has 0 saturated heterocycles. The molecule has 0 aliphatic carbocycles. The van der Waals surface area contributed by atoms with E-state index in [9.17, 15) is 19.5 Å². The van der Waals surface area contributed by atoms with Crippen LogP contribution in [0.4, 0.5) is 5.69 Å². The fourth-order valence-corrected chi connectivity index (χ4v) is 2.76. The van der Waals surface area contributed by atoms with Gasteiger partial charge in [0.05, 0.1) is 17.7 Å². The summed E-state index contributed by atoms with van der Waals surface area (Å²) in [6, 6.07) is 10.0. The number of hydrogen-bond donors (Lipinski definition) is 2. The summed E-state index contributed by atoms with van der Waals surface area (Å²) in [5.41, 5.74) is 0.887. The van der Waals surface area contributed by atoms with Crippen LogP contribution >= 0.6 is 0 Å². The van der Waals surface area contributed by atoms with Crippen LogP contribution in [-0.2, 0) is 20.9 Å². The zero-order chi connectivity index (χ0) is 21.5. The molecule has 3 rings (SSSR count). The number of esters is 1. The largest absolute Gasteiger partial charge is 0.493 e. The molecule has 0 fully saturated rings. The highest BCUT2D eigenvalue weighted by molar-refractivity contribution is 5.97. The number of azo groups is 1. The van der Waals surface area contributed by atoms with Gasteiger partial charge in [0, 0.05) is 17.8 Å². The summed E-state index contributed by atoms with van der Waals surface area (Å²) in [4.78, 5) is 39.6. The molecule has 30 heavy (non-hydrogen) atoms. The van der Waals surface area contributed by atoms with E-state index in [1.54, 1.807) is 43.3 Å². The second-order valence-electron chi connectivity index (χ2n) is 6.10. The lowest BCUT2D eigenvalue weighted by Crippen LogP contribution is -2.28. The molecule has 1 aromatic carbocycles. The molecule has 0 aliphatic rings. The van der Waals surface area contributed by atoms with Gasteiger partial charge in [0.15, 0.2) is 5.69 Å². The summed E-state index contributed by atoms with van der Waals surface area (Å²) in [5, 5.41) is 20.9. The van der Waals surface area contributed by atoms with Crippen molar-refractivity contribution in [2.24, 2.45) is 10.2 Å². The molecular formula is C20H19N5O5. The number of hydrogen-bond acceptors (Lipinski definition) is 7. The van der Waals surface area contributed by atoms with Crippen molar-refractivity contribution in [3.63, 3.8) is 0 Å². The molecule has 0 spiro atoms.